The van der Waals surface area contributed by atoms with Crippen LogP contribution in [0.15, 0.2) is 36.4 Å². The van der Waals surface area contributed by atoms with Gasteiger partial charge in [-0.15, -0.1) is 0 Å². The van der Waals surface area contributed by atoms with Crippen LogP contribution in [-0.2, 0) is 0 Å². The number of benzene rings is 1. The Bertz CT molecular complexity index is 477. The Morgan fingerprint density at radius 2 is 2.27 bits per heavy atom. The summed E-state index contributed by atoms with van der Waals surface area (Å²) in [5, 5.41) is 15.7. The van der Waals surface area contributed by atoms with Crippen molar-refractivity contribution in [3.63, 3.8) is 0 Å². The molecule has 0 amide bonds. The third-order valence-corrected chi connectivity index (χ3v) is 1.96. The summed E-state index contributed by atoms with van der Waals surface area (Å²) in [5.41, 5.74) is 1.36. The summed E-state index contributed by atoms with van der Waals surface area (Å²) in [6.45, 7) is 3.74. The van der Waals surface area contributed by atoms with E-state index in [-0.39, 0.29) is 5.57 Å². The number of hydrogen-bond acceptors (Lipinski definition) is 3. The van der Waals surface area contributed by atoms with Gasteiger partial charge in [-0.25, -0.2) is 0 Å². The Hall–Kier alpha value is -2.30. The summed E-state index contributed by atoms with van der Waals surface area (Å²) < 4.78 is 5.05. The zero-order chi connectivity index (χ0) is 11.3. The van der Waals surface area contributed by atoms with Crippen molar-refractivity contribution >= 4 is 11.4 Å². The third kappa shape index (κ3) is 2.34. The second-order valence-electron chi connectivity index (χ2n) is 2.82. The molecule has 0 aliphatic heterocycles. The maximum Gasteiger partial charge on any atom is 0.120 e. The molecule has 0 spiro atoms. The van der Waals surface area contributed by atoms with Crippen LogP contribution in [-0.4, -0.2) is 13.0 Å². The number of methoxy groups -OCH3 is 1. The first kappa shape index (κ1) is 10.8. The number of nitrogens with one attached hydrogen (secondary N) is 1. The van der Waals surface area contributed by atoms with E-state index in [2.05, 4.69) is 12.4 Å². The average Bonchev–Trinajstić information content (AvgIpc) is 2.30. The molecule has 1 N–H and O–H groups in total. The first-order valence-corrected chi connectivity index (χ1v) is 4.26. The number of ether oxygens (including phenoxy) is 1. The summed E-state index contributed by atoms with van der Waals surface area (Å²) in [7, 11) is 1.57. The SMILES string of the molecule is C=C(C(=C=N)C#N)c1cccc(OC)c1. The molecule has 3 nitrogen and oxygen atoms in total. The van der Waals surface area contributed by atoms with Gasteiger partial charge in [-0.3, -0.25) is 5.41 Å². The van der Waals surface area contributed by atoms with Gasteiger partial charge in [-0.1, -0.05) is 18.7 Å². The predicted octanol–water partition coefficient (Wildman–Crippen LogP) is 2.41. The van der Waals surface area contributed by atoms with Crippen molar-refractivity contribution in [1.82, 2.24) is 0 Å². The van der Waals surface area contributed by atoms with Crippen LogP contribution < -0.4 is 4.74 Å². The zero-order valence-corrected chi connectivity index (χ0v) is 8.37. The van der Waals surface area contributed by atoms with Crippen molar-refractivity contribution in [3.05, 3.63) is 42.0 Å². The summed E-state index contributed by atoms with van der Waals surface area (Å²) in [5.74, 6) is 2.74. The lowest BCUT2D eigenvalue weighted by Crippen LogP contribution is -1.89. The third-order valence-electron chi connectivity index (χ3n) is 1.96. The van der Waals surface area contributed by atoms with Gasteiger partial charge in [0.1, 0.15) is 17.4 Å². The monoisotopic (exact) mass is 198 g/mol. The normalized spacial score (nSPS) is 8.53. The van der Waals surface area contributed by atoms with Crippen LogP contribution in [0.3, 0.4) is 0 Å². The minimum atomic E-state index is 0.128. The van der Waals surface area contributed by atoms with Gasteiger partial charge in [0.15, 0.2) is 0 Å². The molecule has 1 rings (SSSR count). The van der Waals surface area contributed by atoms with Gasteiger partial charge in [0.25, 0.3) is 0 Å². The van der Waals surface area contributed by atoms with Crippen LogP contribution in [0, 0.1) is 16.7 Å². The van der Waals surface area contributed by atoms with Gasteiger partial charge in [0.05, 0.1) is 7.11 Å². The number of nitrogens with zero attached hydrogens (tertiary/aromatic N) is 1. The molecule has 0 fully saturated rings. The summed E-state index contributed by atoms with van der Waals surface area (Å²) in [6, 6.07) is 9.04. The lowest BCUT2D eigenvalue weighted by Gasteiger charge is -2.04. The minimum absolute atomic E-state index is 0.128. The van der Waals surface area contributed by atoms with E-state index in [1.165, 1.54) is 0 Å². The van der Waals surface area contributed by atoms with E-state index in [0.717, 1.165) is 5.56 Å². The van der Waals surface area contributed by atoms with E-state index in [1.807, 2.05) is 6.07 Å². The maximum absolute atomic E-state index is 8.72. The molecule has 0 radical (unpaired) electrons. The first-order valence-electron chi connectivity index (χ1n) is 4.26. The lowest BCUT2D eigenvalue weighted by atomic mass is 10.0. The van der Waals surface area contributed by atoms with E-state index in [1.54, 1.807) is 31.4 Å². The molecule has 1 aromatic rings. The highest BCUT2D eigenvalue weighted by Gasteiger charge is 2.05. The van der Waals surface area contributed by atoms with Crippen molar-refractivity contribution < 1.29 is 4.74 Å². The molecular formula is C12H10N2O. The highest BCUT2D eigenvalue weighted by atomic mass is 16.5. The molecule has 0 saturated carbocycles. The number of allylic oxidation sites excluding steroid dienone is 2. The molecule has 0 bridgehead atoms. The maximum atomic E-state index is 8.72. The predicted molar refractivity (Wildman–Crippen MR) is 58.9 cm³/mol. The van der Waals surface area contributed by atoms with Gasteiger partial charge in [-0.05, 0) is 23.6 Å². The molecular weight excluding hydrogens is 188 g/mol. The number of nitriles is 1. The molecule has 0 aliphatic carbocycles. The van der Waals surface area contributed by atoms with Crippen molar-refractivity contribution in [2.45, 2.75) is 0 Å². The molecule has 0 unspecified atom stereocenters. The summed E-state index contributed by atoms with van der Waals surface area (Å²) in [6.07, 6.45) is 0. The Kier molecular flexibility index (Phi) is 3.45. The molecule has 74 valence electrons. The fourth-order valence-corrected chi connectivity index (χ4v) is 1.13. The van der Waals surface area contributed by atoms with Gasteiger partial charge in [0, 0.05) is 5.57 Å². The molecule has 0 aromatic heterocycles. The minimum Gasteiger partial charge on any atom is -0.497 e. The molecule has 3 heteroatoms. The standard InChI is InChI=1S/C12H10N2O/c1-9(11(7-13)8-14)10-4-3-5-12(6-10)15-2/h3-6,13H,1H2,2H3. The molecule has 0 heterocycles. The number of hydrogen-bond donors (Lipinski definition) is 1. The Labute approximate surface area is 88.4 Å². The highest BCUT2D eigenvalue weighted by Crippen LogP contribution is 2.22. The van der Waals surface area contributed by atoms with Gasteiger partial charge < -0.3 is 4.74 Å². The summed E-state index contributed by atoms with van der Waals surface area (Å²) in [4.78, 5) is 0. The van der Waals surface area contributed by atoms with Crippen LogP contribution in [0.1, 0.15) is 5.56 Å². The van der Waals surface area contributed by atoms with E-state index in [4.69, 9.17) is 15.4 Å². The van der Waals surface area contributed by atoms with E-state index in [0.29, 0.717) is 11.3 Å². The molecule has 0 saturated heterocycles. The second-order valence-corrected chi connectivity index (χ2v) is 2.82. The van der Waals surface area contributed by atoms with E-state index < -0.39 is 0 Å². The fraction of sp³-hybridized carbons (Fsp3) is 0.0833. The van der Waals surface area contributed by atoms with Crippen LogP contribution in [0.4, 0.5) is 0 Å². The van der Waals surface area contributed by atoms with Gasteiger partial charge in [-0.2, -0.15) is 5.26 Å². The Balaban J connectivity index is 3.13. The summed E-state index contributed by atoms with van der Waals surface area (Å²) >= 11 is 0. The van der Waals surface area contributed by atoms with Crippen LogP contribution in [0.25, 0.3) is 5.57 Å². The van der Waals surface area contributed by atoms with Crippen molar-refractivity contribution in [2.75, 3.05) is 7.11 Å². The van der Waals surface area contributed by atoms with E-state index >= 15 is 0 Å². The Morgan fingerprint density at radius 3 is 2.80 bits per heavy atom. The quantitative estimate of drug-likeness (QED) is 0.460. The van der Waals surface area contributed by atoms with Crippen molar-refractivity contribution in [3.8, 4) is 11.8 Å². The van der Waals surface area contributed by atoms with Crippen molar-refractivity contribution in [1.29, 1.82) is 10.7 Å². The number of rotatable bonds is 3. The van der Waals surface area contributed by atoms with Gasteiger partial charge >= 0.3 is 0 Å². The molecule has 0 atom stereocenters. The van der Waals surface area contributed by atoms with Crippen molar-refractivity contribution in [2.24, 2.45) is 0 Å². The van der Waals surface area contributed by atoms with Gasteiger partial charge in [0.2, 0.25) is 0 Å². The zero-order valence-electron chi connectivity index (χ0n) is 8.37. The average molecular weight is 198 g/mol. The lowest BCUT2D eigenvalue weighted by molar-refractivity contribution is 0.414. The molecule has 15 heavy (non-hydrogen) atoms. The topological polar surface area (TPSA) is 56.9 Å². The highest BCUT2D eigenvalue weighted by molar-refractivity contribution is 5.90. The first-order chi connectivity index (χ1) is 7.22. The second kappa shape index (κ2) is 4.80. The van der Waals surface area contributed by atoms with Crippen LogP contribution in [0.5, 0.6) is 5.75 Å². The smallest absolute Gasteiger partial charge is 0.120 e. The fourth-order valence-electron chi connectivity index (χ4n) is 1.13. The molecule has 0 aliphatic rings. The Morgan fingerprint density at radius 1 is 1.53 bits per heavy atom. The molecule has 1 aromatic carbocycles. The van der Waals surface area contributed by atoms with Crippen LogP contribution >= 0.6 is 0 Å². The van der Waals surface area contributed by atoms with Crippen LogP contribution in [0.2, 0.25) is 0 Å². The largest absolute Gasteiger partial charge is 0.497 e. The van der Waals surface area contributed by atoms with E-state index in [9.17, 15) is 0 Å².